The van der Waals surface area contributed by atoms with Crippen LogP contribution in [0.1, 0.15) is 20.7 Å². The Labute approximate surface area is 175 Å². The van der Waals surface area contributed by atoms with Crippen LogP contribution in [0.15, 0.2) is 48.5 Å². The zero-order valence-electron chi connectivity index (χ0n) is 16.1. The Morgan fingerprint density at radius 1 is 0.710 bits per heavy atom. The summed E-state index contributed by atoms with van der Waals surface area (Å²) in [4.78, 5) is 25.9. The molecule has 2 aromatic heterocycles. The van der Waals surface area contributed by atoms with Gasteiger partial charge in [0, 0.05) is 21.5 Å². The molecule has 0 atom stereocenters. The van der Waals surface area contributed by atoms with E-state index in [0.29, 0.717) is 32.9 Å². The number of nitriles is 2. The quantitative estimate of drug-likeness (QED) is 0.452. The van der Waals surface area contributed by atoms with E-state index in [2.05, 4.69) is 17.5 Å². The van der Waals surface area contributed by atoms with E-state index in [1.54, 1.807) is 0 Å². The van der Waals surface area contributed by atoms with Crippen molar-refractivity contribution in [3.8, 4) is 12.1 Å². The molecule has 7 nitrogen and oxygen atoms in total. The predicted octanol–water partition coefficient (Wildman–Crippen LogP) is 3.83. The molecular weight excluding hydrogens is 390 g/mol. The molecule has 0 saturated carbocycles. The molecule has 0 fully saturated rings. The zero-order chi connectivity index (χ0) is 21.3. The minimum Gasteiger partial charge on any atom is -0.325 e. The SMILES string of the molecule is N#CCn1c2ccccc2c2c3c(c4c5ccccc5n(CC#N)c4c21)C(=O)NC3=O. The third-order valence-electron chi connectivity index (χ3n) is 6.05. The summed E-state index contributed by atoms with van der Waals surface area (Å²) in [6.45, 7) is 0.142. The molecule has 0 unspecified atom stereocenters. The highest BCUT2D eigenvalue weighted by atomic mass is 16.2. The molecule has 3 heterocycles. The van der Waals surface area contributed by atoms with Gasteiger partial charge in [0.2, 0.25) is 0 Å². The fourth-order valence-electron chi connectivity index (χ4n) is 5.01. The lowest BCUT2D eigenvalue weighted by Crippen LogP contribution is -2.20. The van der Waals surface area contributed by atoms with Gasteiger partial charge in [-0.15, -0.1) is 0 Å². The summed E-state index contributed by atoms with van der Waals surface area (Å²) in [6, 6.07) is 19.5. The van der Waals surface area contributed by atoms with Crippen LogP contribution in [0.5, 0.6) is 0 Å². The second kappa shape index (κ2) is 5.94. The van der Waals surface area contributed by atoms with Crippen LogP contribution >= 0.6 is 0 Å². The van der Waals surface area contributed by atoms with Crippen LogP contribution in [-0.4, -0.2) is 20.9 Å². The van der Waals surface area contributed by atoms with Crippen molar-refractivity contribution in [3.05, 3.63) is 59.7 Å². The minimum absolute atomic E-state index is 0.0710. The molecule has 5 aromatic rings. The summed E-state index contributed by atoms with van der Waals surface area (Å²) in [5.41, 5.74) is 3.64. The number of para-hydroxylation sites is 2. The number of fused-ring (bicyclic) bond motifs is 10. The normalized spacial score (nSPS) is 13.1. The maximum atomic E-state index is 12.9. The molecule has 0 saturated heterocycles. The van der Waals surface area contributed by atoms with Gasteiger partial charge in [0.15, 0.2) is 0 Å². The lowest BCUT2D eigenvalue weighted by molar-refractivity contribution is 0.0880. The van der Waals surface area contributed by atoms with Gasteiger partial charge in [0.25, 0.3) is 11.8 Å². The van der Waals surface area contributed by atoms with Crippen molar-refractivity contribution < 1.29 is 9.59 Å². The Kier molecular flexibility index (Phi) is 3.31. The third-order valence-corrected chi connectivity index (χ3v) is 6.05. The standard InChI is InChI=1S/C24H13N5O2/c25-9-11-28-15-7-3-1-5-13(15)17-19-20(24(31)27-23(19)30)18-14-6-2-4-8-16(14)29(12-10-26)22(18)21(17)28/h1-8H,11-12H2,(H,27,30,31). The number of nitrogens with zero attached hydrogens (tertiary/aromatic N) is 4. The number of carbonyl (C=O) groups is 2. The van der Waals surface area contributed by atoms with Crippen molar-refractivity contribution in [2.45, 2.75) is 13.1 Å². The molecule has 1 aliphatic rings. The number of amides is 2. The first-order chi connectivity index (χ1) is 15.2. The molecule has 7 heteroatoms. The average molecular weight is 403 g/mol. The van der Waals surface area contributed by atoms with Crippen LogP contribution in [0.2, 0.25) is 0 Å². The second-order valence-electron chi connectivity index (χ2n) is 7.50. The molecule has 3 aromatic carbocycles. The van der Waals surface area contributed by atoms with Gasteiger partial charge < -0.3 is 9.13 Å². The number of imide groups is 1. The first-order valence-corrected chi connectivity index (χ1v) is 9.74. The molecule has 2 amide bonds. The van der Waals surface area contributed by atoms with Crippen LogP contribution in [0, 0.1) is 22.7 Å². The third kappa shape index (κ3) is 2.00. The fraction of sp³-hybridized carbons (Fsp3) is 0.0833. The van der Waals surface area contributed by atoms with E-state index in [1.165, 1.54) is 0 Å². The smallest absolute Gasteiger partial charge is 0.259 e. The maximum Gasteiger partial charge on any atom is 0.259 e. The highest BCUT2D eigenvalue weighted by molar-refractivity contribution is 6.39. The Morgan fingerprint density at radius 2 is 1.13 bits per heavy atom. The largest absolute Gasteiger partial charge is 0.325 e. The molecule has 6 rings (SSSR count). The fourth-order valence-corrected chi connectivity index (χ4v) is 5.01. The Bertz CT molecular complexity index is 1600. The van der Waals surface area contributed by atoms with Crippen LogP contribution in [0.4, 0.5) is 0 Å². The zero-order valence-corrected chi connectivity index (χ0v) is 16.1. The molecule has 1 aliphatic heterocycles. The first-order valence-electron chi connectivity index (χ1n) is 9.74. The average Bonchev–Trinajstić information content (AvgIpc) is 3.38. The van der Waals surface area contributed by atoms with E-state index in [0.717, 1.165) is 21.8 Å². The monoisotopic (exact) mass is 403 g/mol. The Morgan fingerprint density at radius 3 is 1.55 bits per heavy atom. The lowest BCUT2D eigenvalue weighted by Gasteiger charge is -2.09. The number of benzene rings is 3. The molecule has 31 heavy (non-hydrogen) atoms. The predicted molar refractivity (Wildman–Crippen MR) is 115 cm³/mol. The van der Waals surface area contributed by atoms with E-state index in [9.17, 15) is 20.1 Å². The molecule has 0 radical (unpaired) electrons. The van der Waals surface area contributed by atoms with E-state index in [4.69, 9.17) is 0 Å². The van der Waals surface area contributed by atoms with Crippen molar-refractivity contribution in [2.24, 2.45) is 0 Å². The van der Waals surface area contributed by atoms with Crippen LogP contribution in [0.3, 0.4) is 0 Å². The number of carbonyl (C=O) groups excluding carboxylic acids is 2. The minimum atomic E-state index is -0.441. The Hall–Kier alpha value is -4.62. The number of hydrogen-bond donors (Lipinski definition) is 1. The lowest BCUT2D eigenvalue weighted by atomic mass is 9.96. The van der Waals surface area contributed by atoms with E-state index in [1.807, 2.05) is 57.7 Å². The summed E-state index contributed by atoms with van der Waals surface area (Å²) in [5.74, 6) is -0.882. The second-order valence-corrected chi connectivity index (χ2v) is 7.50. The van der Waals surface area contributed by atoms with Gasteiger partial charge in [0.1, 0.15) is 13.1 Å². The van der Waals surface area contributed by atoms with Gasteiger partial charge in [-0.25, -0.2) is 0 Å². The summed E-state index contributed by atoms with van der Waals surface area (Å²) in [6.07, 6.45) is 0. The summed E-state index contributed by atoms with van der Waals surface area (Å²) >= 11 is 0. The summed E-state index contributed by atoms with van der Waals surface area (Å²) < 4.78 is 3.74. The van der Waals surface area contributed by atoms with Gasteiger partial charge in [-0.05, 0) is 12.1 Å². The molecule has 0 spiro atoms. The van der Waals surface area contributed by atoms with E-state index >= 15 is 0 Å². The molecule has 146 valence electrons. The topological polar surface area (TPSA) is 104 Å². The van der Waals surface area contributed by atoms with Gasteiger partial charge in [0.05, 0.1) is 45.3 Å². The first kappa shape index (κ1) is 17.3. The highest BCUT2D eigenvalue weighted by Gasteiger charge is 2.36. The number of aromatic nitrogens is 2. The van der Waals surface area contributed by atoms with Crippen LogP contribution in [0.25, 0.3) is 43.6 Å². The maximum absolute atomic E-state index is 12.9. The van der Waals surface area contributed by atoms with Crippen LogP contribution < -0.4 is 5.32 Å². The summed E-state index contributed by atoms with van der Waals surface area (Å²) in [7, 11) is 0. The van der Waals surface area contributed by atoms with Crippen molar-refractivity contribution in [2.75, 3.05) is 0 Å². The molecule has 1 N–H and O–H groups in total. The molecule has 0 aliphatic carbocycles. The van der Waals surface area contributed by atoms with E-state index in [-0.39, 0.29) is 13.1 Å². The van der Waals surface area contributed by atoms with Gasteiger partial charge in [-0.1, -0.05) is 36.4 Å². The van der Waals surface area contributed by atoms with Crippen LogP contribution in [-0.2, 0) is 13.1 Å². The molecule has 0 bridgehead atoms. The van der Waals surface area contributed by atoms with Crippen molar-refractivity contribution in [1.82, 2.24) is 14.5 Å². The Balaban J connectivity index is 2.06. The summed E-state index contributed by atoms with van der Waals surface area (Å²) in [5, 5.41) is 24.5. The van der Waals surface area contributed by atoms with Crippen molar-refractivity contribution in [1.29, 1.82) is 10.5 Å². The number of rotatable bonds is 2. The number of nitrogens with one attached hydrogen (secondary N) is 1. The van der Waals surface area contributed by atoms with Gasteiger partial charge in [-0.3, -0.25) is 14.9 Å². The number of hydrogen-bond acceptors (Lipinski definition) is 4. The van der Waals surface area contributed by atoms with Gasteiger partial charge >= 0.3 is 0 Å². The molecular formula is C24H13N5O2. The highest BCUT2D eigenvalue weighted by Crippen LogP contribution is 2.44. The van der Waals surface area contributed by atoms with E-state index < -0.39 is 11.8 Å². The van der Waals surface area contributed by atoms with Crippen molar-refractivity contribution >= 4 is 55.4 Å². The van der Waals surface area contributed by atoms with Crippen molar-refractivity contribution in [3.63, 3.8) is 0 Å². The van der Waals surface area contributed by atoms with Gasteiger partial charge in [-0.2, -0.15) is 10.5 Å².